The maximum Gasteiger partial charge on any atom is 0.333 e. The molecular formula is C28H30N6O5. The van der Waals surface area contributed by atoms with Crippen LogP contribution in [0.1, 0.15) is 19.4 Å². The number of likely N-dealkylation sites (N-methyl/N-ethyl adjacent to an activating group) is 1. The lowest BCUT2D eigenvalue weighted by Gasteiger charge is -2.22. The second-order valence-corrected chi connectivity index (χ2v) is 8.50. The summed E-state index contributed by atoms with van der Waals surface area (Å²) < 4.78 is 10.7. The van der Waals surface area contributed by atoms with Gasteiger partial charge in [-0.25, -0.2) is 4.79 Å². The fourth-order valence-electron chi connectivity index (χ4n) is 3.45. The predicted molar refractivity (Wildman–Crippen MR) is 149 cm³/mol. The van der Waals surface area contributed by atoms with Gasteiger partial charge in [0.1, 0.15) is 18.0 Å². The Bertz CT molecular complexity index is 1380. The third-order valence-corrected chi connectivity index (χ3v) is 5.64. The van der Waals surface area contributed by atoms with Crippen LogP contribution in [-0.4, -0.2) is 37.7 Å². The molecule has 39 heavy (non-hydrogen) atoms. The third kappa shape index (κ3) is 8.03. The lowest BCUT2D eigenvalue weighted by atomic mass is 10.1. The quantitative estimate of drug-likeness (QED) is 0.0775. The molecule has 0 fully saturated rings. The molecule has 0 N–H and O–H groups in total. The van der Waals surface area contributed by atoms with Gasteiger partial charge in [0.15, 0.2) is 0 Å². The number of hydrogen-bond acceptors (Lipinski definition) is 10. The molecule has 0 atom stereocenters. The van der Waals surface area contributed by atoms with Gasteiger partial charge in [-0.2, -0.15) is 15.3 Å². The van der Waals surface area contributed by atoms with Crippen LogP contribution in [0.4, 0.5) is 34.1 Å². The molecule has 3 aromatic rings. The molecule has 0 bridgehead atoms. The summed E-state index contributed by atoms with van der Waals surface area (Å²) in [7, 11) is 1.52. The fraction of sp³-hybridized carbons (Fsp3) is 0.250. The van der Waals surface area contributed by atoms with E-state index in [-0.39, 0.29) is 12.3 Å². The van der Waals surface area contributed by atoms with E-state index in [9.17, 15) is 14.9 Å². The number of rotatable bonds is 12. The maximum atomic E-state index is 11.6. The minimum atomic E-state index is -0.470. The van der Waals surface area contributed by atoms with E-state index in [1.807, 2.05) is 38.1 Å². The van der Waals surface area contributed by atoms with Gasteiger partial charge in [-0.15, -0.1) is 5.11 Å². The third-order valence-electron chi connectivity index (χ3n) is 5.64. The van der Waals surface area contributed by atoms with Gasteiger partial charge in [-0.05, 0) is 68.8 Å². The van der Waals surface area contributed by atoms with Crippen LogP contribution in [0, 0.1) is 17.0 Å². The van der Waals surface area contributed by atoms with Crippen LogP contribution in [0.2, 0.25) is 0 Å². The Hall–Kier alpha value is -4.93. The minimum Gasteiger partial charge on any atom is -0.494 e. The summed E-state index contributed by atoms with van der Waals surface area (Å²) in [4.78, 5) is 24.0. The van der Waals surface area contributed by atoms with Crippen molar-refractivity contribution in [3.05, 3.63) is 88.5 Å². The molecule has 202 valence electrons. The van der Waals surface area contributed by atoms with Crippen molar-refractivity contribution in [1.82, 2.24) is 0 Å². The van der Waals surface area contributed by atoms with E-state index in [2.05, 4.69) is 31.9 Å². The molecule has 0 aliphatic heterocycles. The molecule has 0 radical (unpaired) electrons. The monoisotopic (exact) mass is 530 g/mol. The number of ether oxygens (including phenoxy) is 2. The maximum absolute atomic E-state index is 11.6. The molecule has 0 saturated heterocycles. The Morgan fingerprint density at radius 2 is 1.56 bits per heavy atom. The highest BCUT2D eigenvalue weighted by Gasteiger charge is 2.10. The largest absolute Gasteiger partial charge is 0.494 e. The second kappa shape index (κ2) is 13.6. The molecule has 0 saturated carbocycles. The van der Waals surface area contributed by atoms with Crippen LogP contribution >= 0.6 is 0 Å². The minimum absolute atomic E-state index is 0.0176. The number of methoxy groups -OCH3 is 1. The summed E-state index contributed by atoms with van der Waals surface area (Å²) in [5.41, 5.74) is 4.40. The van der Waals surface area contributed by atoms with Crippen LogP contribution in [-0.2, 0) is 9.53 Å². The second-order valence-electron chi connectivity index (χ2n) is 8.50. The van der Waals surface area contributed by atoms with E-state index in [1.54, 1.807) is 19.1 Å². The van der Waals surface area contributed by atoms with Crippen LogP contribution in [0.5, 0.6) is 5.75 Å². The number of anilines is 1. The summed E-state index contributed by atoms with van der Waals surface area (Å²) in [6, 6.07) is 16.9. The summed E-state index contributed by atoms with van der Waals surface area (Å²) in [5, 5.41) is 27.9. The molecule has 0 aliphatic carbocycles. The SMILES string of the molecule is C=C(C)C(=O)OCCN(CC)c1ccc(N=Nc2cc(OC)c(N=Nc3ccc([N+](=O)[O-])cc3)cc2C)cc1. The van der Waals surface area contributed by atoms with Gasteiger partial charge in [0, 0.05) is 36.0 Å². The number of hydrogen-bond donors (Lipinski definition) is 0. The first-order chi connectivity index (χ1) is 18.7. The average Bonchev–Trinajstić information content (AvgIpc) is 2.94. The Kier molecular flexibility index (Phi) is 9.96. The smallest absolute Gasteiger partial charge is 0.333 e. The average molecular weight is 531 g/mol. The van der Waals surface area contributed by atoms with E-state index in [0.717, 1.165) is 17.8 Å². The first kappa shape index (κ1) is 28.6. The lowest BCUT2D eigenvalue weighted by molar-refractivity contribution is -0.384. The van der Waals surface area contributed by atoms with Crippen molar-refractivity contribution in [2.75, 3.05) is 31.7 Å². The van der Waals surface area contributed by atoms with Crippen LogP contribution in [0.15, 0.2) is 93.3 Å². The predicted octanol–water partition coefficient (Wildman–Crippen LogP) is 7.69. The van der Waals surface area contributed by atoms with Crippen LogP contribution in [0.3, 0.4) is 0 Å². The van der Waals surface area contributed by atoms with Gasteiger partial charge < -0.3 is 14.4 Å². The normalized spacial score (nSPS) is 11.1. The van der Waals surface area contributed by atoms with Crippen molar-refractivity contribution in [2.45, 2.75) is 20.8 Å². The van der Waals surface area contributed by atoms with Gasteiger partial charge in [-0.3, -0.25) is 10.1 Å². The van der Waals surface area contributed by atoms with Crippen molar-refractivity contribution < 1.29 is 19.2 Å². The number of benzene rings is 3. The molecule has 11 heteroatoms. The summed E-state index contributed by atoms with van der Waals surface area (Å²) in [5.74, 6) is 0.0656. The van der Waals surface area contributed by atoms with Gasteiger partial charge in [0.2, 0.25) is 0 Å². The summed E-state index contributed by atoms with van der Waals surface area (Å²) in [6.07, 6.45) is 0. The molecular weight excluding hydrogens is 500 g/mol. The number of nitrogens with zero attached hydrogens (tertiary/aromatic N) is 6. The van der Waals surface area contributed by atoms with Crippen molar-refractivity contribution in [3.8, 4) is 5.75 Å². The Morgan fingerprint density at radius 3 is 2.10 bits per heavy atom. The molecule has 0 aromatic heterocycles. The van der Waals surface area contributed by atoms with Crippen molar-refractivity contribution in [2.24, 2.45) is 20.5 Å². The molecule has 3 rings (SSSR count). The van der Waals surface area contributed by atoms with Gasteiger partial charge in [0.05, 0.1) is 35.6 Å². The number of carbonyl (C=O) groups excluding carboxylic acids is 1. The van der Waals surface area contributed by atoms with Crippen molar-refractivity contribution in [1.29, 1.82) is 0 Å². The number of azo groups is 2. The Morgan fingerprint density at radius 1 is 0.974 bits per heavy atom. The van der Waals surface area contributed by atoms with E-state index in [1.165, 1.54) is 31.4 Å². The molecule has 0 spiro atoms. The Balaban J connectivity index is 1.69. The molecule has 3 aromatic carbocycles. The molecule has 0 unspecified atom stereocenters. The number of nitro benzene ring substituents is 1. The molecule has 11 nitrogen and oxygen atoms in total. The zero-order chi connectivity index (χ0) is 28.4. The first-order valence-electron chi connectivity index (χ1n) is 12.2. The number of carbonyl (C=O) groups is 1. The highest BCUT2D eigenvalue weighted by molar-refractivity contribution is 5.86. The number of non-ortho nitro benzene ring substituents is 1. The Labute approximate surface area is 226 Å². The van der Waals surface area contributed by atoms with E-state index < -0.39 is 10.9 Å². The van der Waals surface area contributed by atoms with Gasteiger partial charge in [0.25, 0.3) is 5.69 Å². The van der Waals surface area contributed by atoms with E-state index >= 15 is 0 Å². The van der Waals surface area contributed by atoms with Gasteiger partial charge in [-0.1, -0.05) is 6.58 Å². The summed E-state index contributed by atoms with van der Waals surface area (Å²) in [6.45, 7) is 10.7. The first-order valence-corrected chi connectivity index (χ1v) is 12.2. The number of esters is 1. The highest BCUT2D eigenvalue weighted by Crippen LogP contribution is 2.36. The zero-order valence-electron chi connectivity index (χ0n) is 22.3. The zero-order valence-corrected chi connectivity index (χ0v) is 22.3. The molecule has 0 amide bonds. The standard InChI is InChI=1S/C28H30N6O5/c1-6-33(15-16-39-28(35)19(2)3)23-11-7-21(8-12-23)29-31-25-18-27(38-5)26(17-20(25)4)32-30-22-9-13-24(14-10-22)34(36)37/h7-14,17-18H,2,6,15-16H2,1,3-5H3. The number of nitro groups is 1. The topological polar surface area (TPSA) is 131 Å². The molecule has 0 aliphatic rings. The lowest BCUT2D eigenvalue weighted by Crippen LogP contribution is -2.28. The summed E-state index contributed by atoms with van der Waals surface area (Å²) >= 11 is 0. The van der Waals surface area contributed by atoms with Crippen LogP contribution < -0.4 is 9.64 Å². The van der Waals surface area contributed by atoms with E-state index in [4.69, 9.17) is 9.47 Å². The molecule has 0 heterocycles. The van der Waals surface area contributed by atoms with Crippen molar-refractivity contribution >= 4 is 40.1 Å². The van der Waals surface area contributed by atoms with Crippen molar-refractivity contribution in [3.63, 3.8) is 0 Å². The highest BCUT2D eigenvalue weighted by atomic mass is 16.6. The van der Waals surface area contributed by atoms with Crippen LogP contribution in [0.25, 0.3) is 0 Å². The number of aryl methyl sites for hydroxylation is 1. The van der Waals surface area contributed by atoms with Gasteiger partial charge >= 0.3 is 5.97 Å². The fourth-order valence-corrected chi connectivity index (χ4v) is 3.45. The van der Waals surface area contributed by atoms with E-state index in [0.29, 0.717) is 40.6 Å².